The Morgan fingerprint density at radius 1 is 1.24 bits per heavy atom. The molecule has 158 valence electrons. The van der Waals surface area contributed by atoms with Gasteiger partial charge in [0, 0.05) is 37.7 Å². The summed E-state index contributed by atoms with van der Waals surface area (Å²) >= 11 is 0. The van der Waals surface area contributed by atoms with Gasteiger partial charge in [-0.2, -0.15) is 0 Å². The number of nitrogens with zero attached hydrogens (tertiary/aromatic N) is 1. The molecule has 0 saturated heterocycles. The van der Waals surface area contributed by atoms with Crippen LogP contribution < -0.4 is 10.6 Å². The molecule has 1 aliphatic carbocycles. The van der Waals surface area contributed by atoms with E-state index in [2.05, 4.69) is 17.6 Å². The van der Waals surface area contributed by atoms with Crippen LogP contribution in [0, 0.1) is 11.8 Å². The molecule has 0 bridgehead atoms. The van der Waals surface area contributed by atoms with Crippen LogP contribution in [0.15, 0.2) is 18.2 Å². The molecule has 2 N–H and O–H groups in total. The van der Waals surface area contributed by atoms with E-state index in [0.717, 1.165) is 23.2 Å². The highest BCUT2D eigenvalue weighted by Gasteiger charge is 2.38. The first-order valence-electron chi connectivity index (χ1n) is 10.3. The van der Waals surface area contributed by atoms with Gasteiger partial charge in [0.15, 0.2) is 0 Å². The van der Waals surface area contributed by atoms with Gasteiger partial charge >= 0.3 is 6.09 Å². The van der Waals surface area contributed by atoms with Gasteiger partial charge in [0.1, 0.15) is 5.60 Å². The lowest BCUT2D eigenvalue weighted by Crippen LogP contribution is -2.40. The molecule has 1 aromatic rings. The topological polar surface area (TPSA) is 87.7 Å². The Hall–Kier alpha value is -2.57. The van der Waals surface area contributed by atoms with Crippen molar-refractivity contribution in [3.8, 4) is 0 Å². The summed E-state index contributed by atoms with van der Waals surface area (Å²) in [4.78, 5) is 38.2. The molecule has 1 heterocycles. The summed E-state index contributed by atoms with van der Waals surface area (Å²) in [5.41, 5.74) is 2.31. The Labute approximate surface area is 172 Å². The largest absolute Gasteiger partial charge is 0.444 e. The van der Waals surface area contributed by atoms with Crippen LogP contribution in [-0.4, -0.2) is 41.5 Å². The molecule has 2 unspecified atom stereocenters. The van der Waals surface area contributed by atoms with Gasteiger partial charge in [0.05, 0.1) is 0 Å². The minimum absolute atomic E-state index is 0.0459. The fourth-order valence-electron chi connectivity index (χ4n) is 3.54. The molecule has 7 heteroatoms. The first-order valence-corrected chi connectivity index (χ1v) is 10.3. The fourth-order valence-corrected chi connectivity index (χ4v) is 3.54. The number of amides is 3. The van der Waals surface area contributed by atoms with E-state index in [9.17, 15) is 14.4 Å². The average Bonchev–Trinajstić information content (AvgIpc) is 3.37. The Bertz CT molecular complexity index is 800. The number of nitrogens with one attached hydrogen (secondary N) is 2. The van der Waals surface area contributed by atoms with Crippen LogP contribution in [0.25, 0.3) is 0 Å². The van der Waals surface area contributed by atoms with Crippen molar-refractivity contribution in [2.45, 2.75) is 59.1 Å². The minimum Gasteiger partial charge on any atom is -0.444 e. The number of fused-ring (bicyclic) bond motifs is 1. The molecule has 3 rings (SSSR count). The van der Waals surface area contributed by atoms with Gasteiger partial charge in [-0.15, -0.1) is 0 Å². The molecule has 1 saturated carbocycles. The van der Waals surface area contributed by atoms with Crippen LogP contribution in [0.5, 0.6) is 0 Å². The molecule has 2 atom stereocenters. The molecule has 1 aliphatic heterocycles. The zero-order valence-electron chi connectivity index (χ0n) is 17.7. The smallest absolute Gasteiger partial charge is 0.410 e. The zero-order chi connectivity index (χ0) is 21.2. The summed E-state index contributed by atoms with van der Waals surface area (Å²) in [5.74, 6) is 0.494. The lowest BCUT2D eigenvalue weighted by Gasteiger charge is -2.32. The van der Waals surface area contributed by atoms with E-state index in [0.29, 0.717) is 32.0 Å². The second-order valence-corrected chi connectivity index (χ2v) is 9.00. The number of carbonyl (C=O) groups is 3. The van der Waals surface area contributed by atoms with E-state index in [4.69, 9.17) is 4.74 Å². The lowest BCUT2D eigenvalue weighted by atomic mass is 9.98. The van der Waals surface area contributed by atoms with Crippen LogP contribution in [0.2, 0.25) is 0 Å². The van der Waals surface area contributed by atoms with Gasteiger partial charge < -0.3 is 20.3 Å². The van der Waals surface area contributed by atoms with Crippen LogP contribution >= 0.6 is 0 Å². The van der Waals surface area contributed by atoms with E-state index in [1.54, 1.807) is 4.90 Å². The van der Waals surface area contributed by atoms with E-state index in [-0.39, 0.29) is 30.2 Å². The average molecular weight is 402 g/mol. The molecule has 0 radical (unpaired) electrons. The van der Waals surface area contributed by atoms with Gasteiger partial charge in [0.25, 0.3) is 0 Å². The van der Waals surface area contributed by atoms with Crippen LogP contribution in [0.1, 0.15) is 51.7 Å². The number of ether oxygens (including phenoxy) is 1. The fraction of sp³-hybridized carbons (Fsp3) is 0.591. The number of hydrogen-bond acceptors (Lipinski definition) is 4. The van der Waals surface area contributed by atoms with Gasteiger partial charge in [0.2, 0.25) is 11.8 Å². The maximum absolute atomic E-state index is 12.3. The second kappa shape index (κ2) is 8.43. The van der Waals surface area contributed by atoms with Gasteiger partial charge in [-0.05, 0) is 56.7 Å². The van der Waals surface area contributed by atoms with Crippen LogP contribution in [0.3, 0.4) is 0 Å². The van der Waals surface area contributed by atoms with Gasteiger partial charge in [-0.1, -0.05) is 19.1 Å². The van der Waals surface area contributed by atoms with Crippen LogP contribution in [-0.2, 0) is 27.3 Å². The van der Waals surface area contributed by atoms with Crippen molar-refractivity contribution in [3.63, 3.8) is 0 Å². The Balaban J connectivity index is 1.53. The Morgan fingerprint density at radius 2 is 1.97 bits per heavy atom. The highest BCUT2D eigenvalue weighted by atomic mass is 16.6. The van der Waals surface area contributed by atoms with Crippen molar-refractivity contribution in [1.29, 1.82) is 0 Å². The standard InChI is InChI=1S/C22H31N3O4/c1-14-12-17(14)20(27)23-10-8-19(26)24-18-7-5-6-15-13-25(11-9-16(15)18)21(28)29-22(2,3)4/h5-7,14,17H,8-13H2,1-4H3,(H,23,27)(H,24,26). The van der Waals surface area contributed by atoms with Crippen LogP contribution in [0.4, 0.5) is 10.5 Å². The lowest BCUT2D eigenvalue weighted by molar-refractivity contribution is -0.122. The monoisotopic (exact) mass is 401 g/mol. The maximum Gasteiger partial charge on any atom is 0.410 e. The molecule has 3 amide bonds. The highest BCUT2D eigenvalue weighted by Crippen LogP contribution is 2.37. The van der Waals surface area contributed by atoms with E-state index < -0.39 is 5.60 Å². The first kappa shape index (κ1) is 21.1. The molecule has 2 aliphatic rings. The molecule has 29 heavy (non-hydrogen) atoms. The number of rotatable bonds is 5. The highest BCUT2D eigenvalue weighted by molar-refractivity contribution is 5.92. The quantitative estimate of drug-likeness (QED) is 0.794. The molecule has 7 nitrogen and oxygen atoms in total. The van der Waals surface area contributed by atoms with Crippen molar-refractivity contribution in [3.05, 3.63) is 29.3 Å². The summed E-state index contributed by atoms with van der Waals surface area (Å²) in [7, 11) is 0. The molecular weight excluding hydrogens is 370 g/mol. The predicted octanol–water partition coefficient (Wildman–Crippen LogP) is 3.08. The summed E-state index contributed by atoms with van der Waals surface area (Å²) in [6, 6.07) is 5.73. The predicted molar refractivity (Wildman–Crippen MR) is 110 cm³/mol. The maximum atomic E-state index is 12.3. The number of anilines is 1. The molecular formula is C22H31N3O4. The van der Waals surface area contributed by atoms with E-state index in [1.165, 1.54) is 0 Å². The summed E-state index contributed by atoms with van der Waals surface area (Å²) < 4.78 is 5.46. The van der Waals surface area contributed by atoms with Crippen molar-refractivity contribution in [1.82, 2.24) is 10.2 Å². The third-order valence-corrected chi connectivity index (χ3v) is 5.29. The van der Waals surface area contributed by atoms with Crippen molar-refractivity contribution >= 4 is 23.6 Å². The normalized spacial score (nSPS) is 20.5. The van der Waals surface area contributed by atoms with Gasteiger partial charge in [-0.3, -0.25) is 9.59 Å². The first-order chi connectivity index (χ1) is 13.6. The summed E-state index contributed by atoms with van der Waals surface area (Å²) in [6.07, 6.45) is 1.51. The minimum atomic E-state index is -0.528. The number of benzene rings is 1. The SMILES string of the molecule is CC1CC1C(=O)NCCC(=O)Nc1cccc2c1CCN(C(=O)OC(C)(C)C)C2. The summed E-state index contributed by atoms with van der Waals surface area (Å²) in [5, 5.41) is 5.79. The van der Waals surface area contributed by atoms with Crippen molar-refractivity contribution in [2.24, 2.45) is 11.8 Å². The Kier molecular flexibility index (Phi) is 6.15. The number of hydrogen-bond donors (Lipinski definition) is 2. The van der Waals surface area contributed by atoms with E-state index in [1.807, 2.05) is 39.0 Å². The third-order valence-electron chi connectivity index (χ3n) is 5.29. The summed E-state index contributed by atoms with van der Waals surface area (Å²) in [6.45, 7) is 8.96. The second-order valence-electron chi connectivity index (χ2n) is 9.00. The zero-order valence-corrected chi connectivity index (χ0v) is 17.7. The van der Waals surface area contributed by atoms with Crippen molar-refractivity contribution < 1.29 is 19.1 Å². The molecule has 0 spiro atoms. The molecule has 1 fully saturated rings. The van der Waals surface area contributed by atoms with Crippen molar-refractivity contribution in [2.75, 3.05) is 18.4 Å². The van der Waals surface area contributed by atoms with E-state index >= 15 is 0 Å². The Morgan fingerprint density at radius 3 is 2.62 bits per heavy atom. The third kappa shape index (κ3) is 5.71. The molecule has 0 aromatic heterocycles. The molecule has 1 aromatic carbocycles. The van der Waals surface area contributed by atoms with Gasteiger partial charge in [-0.25, -0.2) is 4.79 Å². The number of carbonyl (C=O) groups excluding carboxylic acids is 3.